The van der Waals surface area contributed by atoms with Crippen LogP contribution < -0.4 is 4.74 Å². The van der Waals surface area contributed by atoms with Gasteiger partial charge in [-0.1, -0.05) is 23.7 Å². The van der Waals surface area contributed by atoms with Crippen LogP contribution in [-0.2, 0) is 0 Å². The summed E-state index contributed by atoms with van der Waals surface area (Å²) in [7, 11) is 0. The Hall–Kier alpha value is -2.00. The first-order valence-electron chi connectivity index (χ1n) is 5.19. The van der Waals surface area contributed by atoms with Crippen LogP contribution in [-0.4, -0.2) is 9.97 Å². The number of benzene rings is 1. The SMILES string of the molecule is Clc1cccc(Oc2cccc3[nH]ccc23)n1. The lowest BCUT2D eigenvalue weighted by Gasteiger charge is -2.05. The van der Waals surface area contributed by atoms with E-state index in [4.69, 9.17) is 16.3 Å². The highest BCUT2D eigenvalue weighted by atomic mass is 35.5. The zero-order chi connectivity index (χ0) is 11.7. The number of hydrogen-bond acceptors (Lipinski definition) is 2. The number of H-pyrrole nitrogens is 1. The largest absolute Gasteiger partial charge is 0.438 e. The molecule has 0 bridgehead atoms. The molecular formula is C13H9ClN2O. The molecule has 2 heterocycles. The molecule has 17 heavy (non-hydrogen) atoms. The number of aromatic nitrogens is 2. The van der Waals surface area contributed by atoms with Gasteiger partial charge in [-0.25, -0.2) is 4.98 Å². The number of ether oxygens (including phenoxy) is 1. The molecule has 0 aliphatic carbocycles. The van der Waals surface area contributed by atoms with Crippen LogP contribution >= 0.6 is 11.6 Å². The second-order valence-electron chi connectivity index (χ2n) is 3.60. The summed E-state index contributed by atoms with van der Waals surface area (Å²) in [5.41, 5.74) is 1.03. The Morgan fingerprint density at radius 1 is 1.06 bits per heavy atom. The molecule has 0 saturated heterocycles. The van der Waals surface area contributed by atoms with Crippen molar-refractivity contribution in [3.8, 4) is 11.6 Å². The number of fused-ring (bicyclic) bond motifs is 1. The van der Waals surface area contributed by atoms with Gasteiger partial charge in [-0.3, -0.25) is 0 Å². The summed E-state index contributed by atoms with van der Waals surface area (Å²) in [5.74, 6) is 1.25. The van der Waals surface area contributed by atoms with Crippen molar-refractivity contribution in [1.29, 1.82) is 0 Å². The molecule has 0 spiro atoms. The van der Waals surface area contributed by atoms with Crippen molar-refractivity contribution in [2.45, 2.75) is 0 Å². The molecule has 0 unspecified atom stereocenters. The van der Waals surface area contributed by atoms with Crippen LogP contribution in [0.2, 0.25) is 5.15 Å². The highest BCUT2D eigenvalue weighted by molar-refractivity contribution is 6.29. The fraction of sp³-hybridized carbons (Fsp3) is 0. The molecule has 1 aromatic carbocycles. The lowest BCUT2D eigenvalue weighted by molar-refractivity contribution is 0.468. The molecule has 1 N–H and O–H groups in total. The molecular weight excluding hydrogens is 236 g/mol. The molecule has 4 heteroatoms. The maximum absolute atomic E-state index is 5.81. The summed E-state index contributed by atoms with van der Waals surface area (Å²) in [5, 5.41) is 1.44. The highest BCUT2D eigenvalue weighted by Crippen LogP contribution is 2.28. The minimum Gasteiger partial charge on any atom is -0.438 e. The predicted molar refractivity (Wildman–Crippen MR) is 67.6 cm³/mol. The van der Waals surface area contributed by atoms with E-state index in [0.717, 1.165) is 16.7 Å². The third-order valence-electron chi connectivity index (χ3n) is 2.46. The van der Waals surface area contributed by atoms with Gasteiger partial charge in [0.15, 0.2) is 0 Å². The quantitative estimate of drug-likeness (QED) is 0.692. The Bertz CT molecular complexity index is 663. The van der Waals surface area contributed by atoms with E-state index in [1.54, 1.807) is 12.1 Å². The zero-order valence-corrected chi connectivity index (χ0v) is 9.61. The number of halogens is 1. The van der Waals surface area contributed by atoms with Gasteiger partial charge in [-0.05, 0) is 24.3 Å². The number of rotatable bonds is 2. The molecule has 3 aromatic rings. The number of hydrogen-bond donors (Lipinski definition) is 1. The number of pyridine rings is 1. The van der Waals surface area contributed by atoms with Gasteiger partial charge in [0.05, 0.1) is 0 Å². The maximum Gasteiger partial charge on any atom is 0.220 e. The van der Waals surface area contributed by atoms with Crippen LogP contribution in [0.1, 0.15) is 0 Å². The molecule has 2 aromatic heterocycles. The van der Waals surface area contributed by atoms with Crippen molar-refractivity contribution in [2.24, 2.45) is 0 Å². The Balaban J connectivity index is 2.02. The molecule has 0 aliphatic rings. The van der Waals surface area contributed by atoms with E-state index in [9.17, 15) is 0 Å². The van der Waals surface area contributed by atoms with Gasteiger partial charge in [-0.2, -0.15) is 0 Å². The van der Waals surface area contributed by atoms with E-state index in [1.165, 1.54) is 0 Å². The van der Waals surface area contributed by atoms with Crippen LogP contribution in [0.15, 0.2) is 48.7 Å². The monoisotopic (exact) mass is 244 g/mol. The lowest BCUT2D eigenvalue weighted by Crippen LogP contribution is -1.88. The van der Waals surface area contributed by atoms with Crippen molar-refractivity contribution < 1.29 is 4.74 Å². The second-order valence-corrected chi connectivity index (χ2v) is 3.98. The molecule has 0 aliphatic heterocycles. The number of nitrogens with one attached hydrogen (secondary N) is 1. The summed E-state index contributed by atoms with van der Waals surface area (Å²) < 4.78 is 5.72. The van der Waals surface area contributed by atoms with E-state index in [2.05, 4.69) is 9.97 Å². The Labute approximate surface area is 103 Å². The topological polar surface area (TPSA) is 37.9 Å². The van der Waals surface area contributed by atoms with Crippen molar-refractivity contribution in [2.75, 3.05) is 0 Å². The average Bonchev–Trinajstić information content (AvgIpc) is 2.78. The predicted octanol–water partition coefficient (Wildman–Crippen LogP) is 4.01. The van der Waals surface area contributed by atoms with Gasteiger partial charge in [0.1, 0.15) is 10.9 Å². The van der Waals surface area contributed by atoms with Crippen molar-refractivity contribution in [3.05, 3.63) is 53.8 Å². The van der Waals surface area contributed by atoms with Gasteiger partial charge in [0.2, 0.25) is 5.88 Å². The average molecular weight is 245 g/mol. The third kappa shape index (κ3) is 1.97. The van der Waals surface area contributed by atoms with Gasteiger partial charge >= 0.3 is 0 Å². The van der Waals surface area contributed by atoms with Crippen LogP contribution in [0, 0.1) is 0 Å². The molecule has 3 nitrogen and oxygen atoms in total. The van der Waals surface area contributed by atoms with E-state index < -0.39 is 0 Å². The molecule has 0 saturated carbocycles. The second kappa shape index (κ2) is 4.11. The fourth-order valence-electron chi connectivity index (χ4n) is 1.70. The van der Waals surface area contributed by atoms with Crippen LogP contribution in [0.3, 0.4) is 0 Å². The van der Waals surface area contributed by atoms with Crippen molar-refractivity contribution in [3.63, 3.8) is 0 Å². The van der Waals surface area contributed by atoms with E-state index in [1.807, 2.05) is 36.5 Å². The normalized spacial score (nSPS) is 10.6. The van der Waals surface area contributed by atoms with Gasteiger partial charge in [0, 0.05) is 23.2 Å². The van der Waals surface area contributed by atoms with E-state index >= 15 is 0 Å². The van der Waals surface area contributed by atoms with Gasteiger partial charge < -0.3 is 9.72 Å². The zero-order valence-electron chi connectivity index (χ0n) is 8.85. The maximum atomic E-state index is 5.81. The summed E-state index contributed by atoms with van der Waals surface area (Å²) in [4.78, 5) is 7.22. The summed E-state index contributed by atoms with van der Waals surface area (Å²) >= 11 is 5.81. The first-order valence-corrected chi connectivity index (χ1v) is 5.57. The molecule has 0 radical (unpaired) electrons. The lowest BCUT2D eigenvalue weighted by atomic mass is 10.2. The summed E-state index contributed by atoms with van der Waals surface area (Å²) in [6, 6.07) is 13.1. The fourth-order valence-corrected chi connectivity index (χ4v) is 1.86. The minimum atomic E-state index is 0.420. The number of nitrogens with zero attached hydrogens (tertiary/aromatic N) is 1. The van der Waals surface area contributed by atoms with Crippen LogP contribution in [0.25, 0.3) is 10.9 Å². The van der Waals surface area contributed by atoms with Crippen molar-refractivity contribution in [1.82, 2.24) is 9.97 Å². The van der Waals surface area contributed by atoms with Crippen LogP contribution in [0.5, 0.6) is 11.6 Å². The smallest absolute Gasteiger partial charge is 0.220 e. The molecule has 0 atom stereocenters. The van der Waals surface area contributed by atoms with Crippen LogP contribution in [0.4, 0.5) is 0 Å². The molecule has 3 rings (SSSR count). The molecule has 0 fully saturated rings. The van der Waals surface area contributed by atoms with Gasteiger partial charge in [0.25, 0.3) is 0 Å². The summed E-state index contributed by atoms with van der Waals surface area (Å²) in [6.07, 6.45) is 1.88. The van der Waals surface area contributed by atoms with Gasteiger partial charge in [-0.15, -0.1) is 0 Å². The molecule has 84 valence electrons. The minimum absolute atomic E-state index is 0.420. The van der Waals surface area contributed by atoms with E-state index in [0.29, 0.717) is 11.0 Å². The Morgan fingerprint density at radius 2 is 1.94 bits per heavy atom. The third-order valence-corrected chi connectivity index (χ3v) is 2.67. The standard InChI is InChI=1S/C13H9ClN2O/c14-12-5-2-6-13(16-12)17-11-4-1-3-10-9(11)7-8-15-10/h1-8,15H. The molecule has 0 amide bonds. The van der Waals surface area contributed by atoms with E-state index in [-0.39, 0.29) is 0 Å². The highest BCUT2D eigenvalue weighted by Gasteiger charge is 2.04. The Kier molecular flexibility index (Phi) is 2.46. The Morgan fingerprint density at radius 3 is 2.82 bits per heavy atom. The summed E-state index contributed by atoms with van der Waals surface area (Å²) in [6.45, 7) is 0. The first kappa shape index (κ1) is 10.2. The van der Waals surface area contributed by atoms with Crippen molar-refractivity contribution >= 4 is 22.5 Å². The number of aromatic amines is 1. The first-order chi connectivity index (χ1) is 8.33.